The summed E-state index contributed by atoms with van der Waals surface area (Å²) in [6.07, 6.45) is 3.86. The van der Waals surface area contributed by atoms with Crippen molar-refractivity contribution in [2.75, 3.05) is 80.2 Å². The van der Waals surface area contributed by atoms with Crippen LogP contribution in [0.5, 0.6) is 0 Å². The average molecular weight is 346 g/mol. The van der Waals surface area contributed by atoms with E-state index in [2.05, 4.69) is 14.7 Å². The van der Waals surface area contributed by atoms with Gasteiger partial charge in [-0.2, -0.15) is 0 Å². The number of likely N-dealkylation sites (tertiary alicyclic amines) is 1. The summed E-state index contributed by atoms with van der Waals surface area (Å²) >= 11 is 0. The Morgan fingerprint density at radius 2 is 1.09 bits per heavy atom. The van der Waals surface area contributed by atoms with Crippen molar-refractivity contribution in [3.63, 3.8) is 0 Å². The summed E-state index contributed by atoms with van der Waals surface area (Å²) in [6, 6.07) is 0.895. The van der Waals surface area contributed by atoms with Crippen molar-refractivity contribution in [1.82, 2.24) is 14.7 Å². The smallest absolute Gasteiger partial charge is 0.377 e. The minimum Gasteiger partial charge on any atom is -0.377 e. The van der Waals surface area contributed by atoms with E-state index >= 15 is 0 Å². The van der Waals surface area contributed by atoms with E-state index in [9.17, 15) is 0 Å². The Kier molecular flexibility index (Phi) is 8.46. The van der Waals surface area contributed by atoms with Gasteiger partial charge in [-0.05, 0) is 38.9 Å². The molecule has 2 aliphatic heterocycles. The molecule has 0 bridgehead atoms. The van der Waals surface area contributed by atoms with E-state index in [1.165, 1.54) is 65.2 Å². The van der Waals surface area contributed by atoms with Crippen LogP contribution in [0.2, 0.25) is 6.04 Å². The highest BCUT2D eigenvalue weighted by Crippen LogP contribution is 2.16. The van der Waals surface area contributed by atoms with E-state index in [4.69, 9.17) is 13.3 Å². The Balaban J connectivity index is 1.57. The molecule has 23 heavy (non-hydrogen) atoms. The van der Waals surface area contributed by atoms with E-state index in [1.807, 2.05) is 0 Å². The van der Waals surface area contributed by atoms with Crippen LogP contribution >= 0.6 is 0 Å². The van der Waals surface area contributed by atoms with Gasteiger partial charge in [0.05, 0.1) is 0 Å². The third-order valence-corrected chi connectivity index (χ3v) is 8.12. The molecule has 0 N–H and O–H groups in total. The zero-order chi connectivity index (χ0) is 16.5. The van der Waals surface area contributed by atoms with Crippen molar-refractivity contribution < 1.29 is 13.3 Å². The fourth-order valence-electron chi connectivity index (χ4n) is 3.60. The van der Waals surface area contributed by atoms with Crippen LogP contribution in [0.4, 0.5) is 0 Å². The zero-order valence-corrected chi connectivity index (χ0v) is 16.3. The van der Waals surface area contributed by atoms with Crippen LogP contribution in [0.3, 0.4) is 0 Å². The van der Waals surface area contributed by atoms with E-state index in [1.54, 1.807) is 21.3 Å². The van der Waals surface area contributed by atoms with Gasteiger partial charge in [-0.3, -0.25) is 4.90 Å². The highest BCUT2D eigenvalue weighted by Gasteiger charge is 2.37. The van der Waals surface area contributed by atoms with Crippen LogP contribution < -0.4 is 0 Å². The van der Waals surface area contributed by atoms with Gasteiger partial charge in [0, 0.05) is 66.6 Å². The maximum atomic E-state index is 5.49. The Morgan fingerprint density at radius 3 is 1.57 bits per heavy atom. The van der Waals surface area contributed by atoms with Crippen LogP contribution in [0, 0.1) is 0 Å². The predicted molar refractivity (Wildman–Crippen MR) is 94.8 cm³/mol. The van der Waals surface area contributed by atoms with E-state index in [0.29, 0.717) is 0 Å². The standard InChI is InChI=1S/C16H35N3O3Si/c1-20-23(21-2,22-3)16-6-9-18-11-14-19(15-12-18)13-10-17-7-4-5-8-17/h4-16H2,1-3H3. The van der Waals surface area contributed by atoms with Gasteiger partial charge < -0.3 is 23.1 Å². The number of rotatable bonds is 10. The lowest BCUT2D eigenvalue weighted by Crippen LogP contribution is -2.49. The number of hydrogen-bond acceptors (Lipinski definition) is 6. The average Bonchev–Trinajstić information content (AvgIpc) is 3.12. The molecule has 2 fully saturated rings. The molecular formula is C16H35N3O3Si. The van der Waals surface area contributed by atoms with Crippen LogP contribution in [0.1, 0.15) is 19.3 Å². The monoisotopic (exact) mass is 345 g/mol. The fourth-order valence-corrected chi connectivity index (χ4v) is 5.30. The highest BCUT2D eigenvalue weighted by atomic mass is 28.4. The molecule has 0 amide bonds. The molecule has 2 saturated heterocycles. The maximum absolute atomic E-state index is 5.49. The summed E-state index contributed by atoms with van der Waals surface area (Å²) in [5.41, 5.74) is 0. The zero-order valence-electron chi connectivity index (χ0n) is 15.3. The van der Waals surface area contributed by atoms with Crippen molar-refractivity contribution in [3.05, 3.63) is 0 Å². The van der Waals surface area contributed by atoms with Crippen molar-refractivity contribution in [3.8, 4) is 0 Å². The molecule has 0 aliphatic carbocycles. The summed E-state index contributed by atoms with van der Waals surface area (Å²) in [5.74, 6) is 0. The Hall–Kier alpha value is -0.0231. The molecule has 0 saturated carbocycles. The molecule has 2 aliphatic rings. The lowest BCUT2D eigenvalue weighted by molar-refractivity contribution is 0.110. The molecule has 136 valence electrons. The van der Waals surface area contributed by atoms with Crippen molar-refractivity contribution in [2.24, 2.45) is 0 Å². The first-order chi connectivity index (χ1) is 11.2. The van der Waals surface area contributed by atoms with Crippen molar-refractivity contribution in [2.45, 2.75) is 25.3 Å². The van der Waals surface area contributed by atoms with Gasteiger partial charge in [-0.15, -0.1) is 0 Å². The second-order valence-corrected chi connectivity index (χ2v) is 9.72. The van der Waals surface area contributed by atoms with E-state index in [-0.39, 0.29) is 0 Å². The van der Waals surface area contributed by atoms with Gasteiger partial charge in [0.25, 0.3) is 0 Å². The Bertz CT molecular complexity index is 309. The first-order valence-corrected chi connectivity index (χ1v) is 11.0. The molecule has 0 unspecified atom stereocenters. The molecule has 0 spiro atoms. The summed E-state index contributed by atoms with van der Waals surface area (Å²) in [4.78, 5) is 7.79. The molecule has 2 rings (SSSR count). The summed E-state index contributed by atoms with van der Waals surface area (Å²) in [7, 11) is 2.69. The van der Waals surface area contributed by atoms with Crippen molar-refractivity contribution >= 4 is 8.80 Å². The molecule has 0 aromatic rings. The van der Waals surface area contributed by atoms with Crippen LogP contribution in [0.15, 0.2) is 0 Å². The van der Waals surface area contributed by atoms with Gasteiger partial charge in [0.2, 0.25) is 0 Å². The predicted octanol–water partition coefficient (Wildman–Crippen LogP) is 0.968. The lowest BCUT2D eigenvalue weighted by Gasteiger charge is -2.35. The van der Waals surface area contributed by atoms with Crippen LogP contribution in [-0.4, -0.2) is 104 Å². The third-order valence-electron chi connectivity index (χ3n) is 5.29. The maximum Gasteiger partial charge on any atom is 0.500 e. The lowest BCUT2D eigenvalue weighted by atomic mass is 10.3. The van der Waals surface area contributed by atoms with Crippen LogP contribution in [-0.2, 0) is 13.3 Å². The summed E-state index contributed by atoms with van der Waals surface area (Å²) in [5, 5.41) is 0. The van der Waals surface area contributed by atoms with Gasteiger partial charge in [0.1, 0.15) is 0 Å². The second-order valence-electron chi connectivity index (χ2n) is 6.63. The minimum atomic E-state index is -2.39. The molecule has 6 nitrogen and oxygen atoms in total. The highest BCUT2D eigenvalue weighted by molar-refractivity contribution is 6.60. The molecule has 7 heteroatoms. The van der Waals surface area contributed by atoms with Gasteiger partial charge in [-0.1, -0.05) is 0 Å². The summed E-state index contributed by atoms with van der Waals surface area (Å²) in [6.45, 7) is 11.0. The largest absolute Gasteiger partial charge is 0.500 e. The topological polar surface area (TPSA) is 37.4 Å². The van der Waals surface area contributed by atoms with Gasteiger partial charge in [-0.25, -0.2) is 0 Å². The molecular weight excluding hydrogens is 310 g/mol. The number of piperazine rings is 1. The Morgan fingerprint density at radius 1 is 0.652 bits per heavy atom. The molecule has 0 radical (unpaired) electrons. The number of nitrogens with zero attached hydrogens (tertiary/aromatic N) is 3. The molecule has 0 aromatic carbocycles. The molecule has 0 aromatic heterocycles. The normalized spacial score (nSPS) is 22.0. The van der Waals surface area contributed by atoms with E-state index in [0.717, 1.165) is 19.0 Å². The minimum absolute atomic E-state index is 0.895. The van der Waals surface area contributed by atoms with Crippen LogP contribution in [0.25, 0.3) is 0 Å². The summed E-state index contributed by atoms with van der Waals surface area (Å²) < 4.78 is 16.5. The fraction of sp³-hybridized carbons (Fsp3) is 1.00. The molecule has 2 heterocycles. The van der Waals surface area contributed by atoms with Crippen molar-refractivity contribution in [1.29, 1.82) is 0 Å². The quantitative estimate of drug-likeness (QED) is 0.549. The third kappa shape index (κ3) is 6.08. The Labute approximate surface area is 143 Å². The SMILES string of the molecule is CO[Si](CCCN1CCN(CCN2CCCC2)CC1)(OC)OC. The van der Waals surface area contributed by atoms with E-state index < -0.39 is 8.80 Å². The first kappa shape index (κ1) is 19.3. The van der Waals surface area contributed by atoms with Gasteiger partial charge in [0.15, 0.2) is 0 Å². The first-order valence-electron chi connectivity index (χ1n) is 9.04. The number of hydrogen-bond donors (Lipinski definition) is 0. The molecule has 0 atom stereocenters. The second kappa shape index (κ2) is 10.1. The van der Waals surface area contributed by atoms with Gasteiger partial charge >= 0.3 is 8.80 Å².